The van der Waals surface area contributed by atoms with Gasteiger partial charge in [0, 0.05) is 48.3 Å². The largest absolute Gasteiger partial charge is 0.388 e. The van der Waals surface area contributed by atoms with Crippen molar-refractivity contribution < 1.29 is 9.59 Å². The topological polar surface area (TPSA) is 125 Å². The molecule has 0 fully saturated rings. The number of benzene rings is 1. The molecule has 0 saturated heterocycles. The van der Waals surface area contributed by atoms with Crippen molar-refractivity contribution in [2.75, 3.05) is 23.0 Å². The molecule has 150 valence electrons. The van der Waals surface area contributed by atoms with E-state index in [-0.39, 0.29) is 18.7 Å². The van der Waals surface area contributed by atoms with E-state index in [0.717, 1.165) is 16.3 Å². The number of carbonyl (C=O) groups is 2. The lowest BCUT2D eigenvalue weighted by atomic mass is 10.3. The van der Waals surface area contributed by atoms with Crippen molar-refractivity contribution in [3.63, 3.8) is 0 Å². The van der Waals surface area contributed by atoms with Crippen molar-refractivity contribution in [3.8, 4) is 0 Å². The van der Waals surface area contributed by atoms with Gasteiger partial charge >= 0.3 is 0 Å². The van der Waals surface area contributed by atoms with Crippen molar-refractivity contribution in [1.29, 1.82) is 0 Å². The zero-order valence-corrected chi connectivity index (χ0v) is 16.8. The summed E-state index contributed by atoms with van der Waals surface area (Å²) in [6.45, 7) is 1.90. The average molecular weight is 411 g/mol. The highest BCUT2D eigenvalue weighted by atomic mass is 32.2. The second-order valence-electron chi connectivity index (χ2n) is 6.11. The second kappa shape index (κ2) is 9.69. The first-order valence-corrected chi connectivity index (χ1v) is 9.74. The van der Waals surface area contributed by atoms with Gasteiger partial charge in [-0.05, 0) is 43.0 Å². The molecule has 0 unspecified atom stereocenters. The minimum Gasteiger partial charge on any atom is -0.388 e. The van der Waals surface area contributed by atoms with Gasteiger partial charge in [0.25, 0.3) is 0 Å². The summed E-state index contributed by atoms with van der Waals surface area (Å²) < 4.78 is 0. The molecule has 0 aliphatic heterocycles. The number of aromatic nitrogens is 4. The number of carbonyl (C=O) groups excluding carboxylic acids is 2. The molecule has 0 radical (unpaired) electrons. The van der Waals surface area contributed by atoms with E-state index in [1.807, 2.05) is 44.3 Å². The molecular formula is C19H21N7O2S. The number of aromatic amines is 1. The molecule has 0 spiro atoms. The van der Waals surface area contributed by atoms with Crippen LogP contribution in [-0.4, -0.2) is 39.4 Å². The van der Waals surface area contributed by atoms with Crippen molar-refractivity contribution in [1.82, 2.24) is 20.2 Å². The van der Waals surface area contributed by atoms with E-state index in [9.17, 15) is 9.59 Å². The molecule has 0 bridgehead atoms. The third-order valence-electron chi connectivity index (χ3n) is 3.78. The maximum atomic E-state index is 12.0. The van der Waals surface area contributed by atoms with Crippen LogP contribution in [0.25, 0.3) is 0 Å². The van der Waals surface area contributed by atoms with Crippen LogP contribution in [0.1, 0.15) is 18.5 Å². The predicted octanol–water partition coefficient (Wildman–Crippen LogP) is 3.36. The summed E-state index contributed by atoms with van der Waals surface area (Å²) in [6.07, 6.45) is 0.972. The van der Waals surface area contributed by atoms with E-state index in [1.165, 1.54) is 11.8 Å². The Bertz CT molecular complexity index is 988. The normalized spacial score (nSPS) is 10.4. The smallest absolute Gasteiger partial charge is 0.225 e. The monoisotopic (exact) mass is 411 g/mol. The summed E-state index contributed by atoms with van der Waals surface area (Å²) in [5.41, 5.74) is 1.91. The highest BCUT2D eigenvalue weighted by Crippen LogP contribution is 2.28. The Hall–Kier alpha value is -3.40. The first kappa shape index (κ1) is 20.3. The van der Waals surface area contributed by atoms with E-state index in [4.69, 9.17) is 0 Å². The van der Waals surface area contributed by atoms with Gasteiger partial charge in [0.05, 0.1) is 0 Å². The fraction of sp³-hybridized carbons (Fsp3) is 0.211. The summed E-state index contributed by atoms with van der Waals surface area (Å²) in [4.78, 5) is 32.4. The summed E-state index contributed by atoms with van der Waals surface area (Å²) in [6, 6.07) is 11.3. The van der Waals surface area contributed by atoms with Crippen LogP contribution in [0.15, 0.2) is 46.5 Å². The molecule has 1 amide bonds. The Morgan fingerprint density at radius 2 is 1.90 bits per heavy atom. The first-order chi connectivity index (χ1) is 14.1. The fourth-order valence-corrected chi connectivity index (χ4v) is 3.17. The molecule has 0 aliphatic carbocycles. The van der Waals surface area contributed by atoms with E-state index in [2.05, 4.69) is 36.1 Å². The third kappa shape index (κ3) is 6.04. The zero-order chi connectivity index (χ0) is 20.6. The number of nitrogens with one attached hydrogen (secondary N) is 4. The number of rotatable bonds is 9. The number of hydrogen-bond donors (Lipinski definition) is 4. The summed E-state index contributed by atoms with van der Waals surface area (Å²) >= 11 is 1.37. The maximum Gasteiger partial charge on any atom is 0.225 e. The van der Waals surface area contributed by atoms with Crippen LogP contribution in [0.4, 0.5) is 23.1 Å². The van der Waals surface area contributed by atoms with E-state index in [1.54, 1.807) is 6.07 Å². The molecule has 0 aliphatic rings. The summed E-state index contributed by atoms with van der Waals surface area (Å²) in [7, 11) is 1.86. The lowest BCUT2D eigenvalue weighted by molar-refractivity contribution is -0.118. The van der Waals surface area contributed by atoms with Crippen molar-refractivity contribution in [2.24, 2.45) is 0 Å². The molecule has 1 aromatic carbocycles. The molecule has 0 atom stereocenters. The first-order valence-electron chi connectivity index (χ1n) is 8.93. The molecule has 0 saturated carbocycles. The minimum absolute atomic E-state index is 0.1000. The van der Waals surface area contributed by atoms with Crippen LogP contribution in [0.2, 0.25) is 0 Å². The van der Waals surface area contributed by atoms with Crippen LogP contribution in [0.5, 0.6) is 0 Å². The average Bonchev–Trinajstić information content (AvgIpc) is 3.11. The van der Waals surface area contributed by atoms with Gasteiger partial charge in [-0.15, -0.1) is 0 Å². The molecule has 29 heavy (non-hydrogen) atoms. The van der Waals surface area contributed by atoms with Gasteiger partial charge in [-0.3, -0.25) is 9.89 Å². The number of hydrogen-bond acceptors (Lipinski definition) is 8. The third-order valence-corrected chi connectivity index (χ3v) is 4.65. The number of aldehydes is 1. The quantitative estimate of drug-likeness (QED) is 0.312. The predicted molar refractivity (Wildman–Crippen MR) is 113 cm³/mol. The molecule has 3 aromatic rings. The van der Waals surface area contributed by atoms with Crippen molar-refractivity contribution >= 4 is 47.1 Å². The van der Waals surface area contributed by atoms with Gasteiger partial charge in [-0.2, -0.15) is 5.10 Å². The van der Waals surface area contributed by atoms with Gasteiger partial charge < -0.3 is 20.7 Å². The van der Waals surface area contributed by atoms with Gasteiger partial charge in [0.2, 0.25) is 5.91 Å². The SMILES string of the molecule is CNc1ccc(Sc2nc(NC(=O)CCC=O)cc(Nc3cc(C)[nH]n3)n2)cc1. The van der Waals surface area contributed by atoms with Crippen molar-refractivity contribution in [2.45, 2.75) is 29.8 Å². The van der Waals surface area contributed by atoms with E-state index < -0.39 is 0 Å². The Morgan fingerprint density at radius 3 is 2.55 bits per heavy atom. The second-order valence-corrected chi connectivity index (χ2v) is 7.15. The zero-order valence-electron chi connectivity index (χ0n) is 16.0. The Balaban J connectivity index is 1.83. The Morgan fingerprint density at radius 1 is 1.14 bits per heavy atom. The summed E-state index contributed by atoms with van der Waals surface area (Å²) in [5.74, 6) is 1.16. The Kier molecular flexibility index (Phi) is 6.80. The van der Waals surface area contributed by atoms with Gasteiger partial charge in [0.1, 0.15) is 17.9 Å². The van der Waals surface area contributed by atoms with Gasteiger partial charge in [-0.1, -0.05) is 0 Å². The van der Waals surface area contributed by atoms with E-state index >= 15 is 0 Å². The number of nitrogens with zero attached hydrogens (tertiary/aromatic N) is 3. The molecule has 4 N–H and O–H groups in total. The number of anilines is 4. The minimum atomic E-state index is -0.285. The molecule has 10 heteroatoms. The standard InChI is InChI=1S/C19H21N7O2S/c1-12-10-17(26-25-12)21-15-11-16(22-18(28)4-3-9-27)24-19(23-15)29-14-7-5-13(20-2)6-8-14/h5-11,20H,3-4H2,1-2H3,(H3,21,22,23,24,25,26,28). The number of amides is 1. The Labute approximate surface area is 172 Å². The number of H-pyrrole nitrogens is 1. The van der Waals surface area contributed by atoms with E-state index in [0.29, 0.717) is 28.9 Å². The van der Waals surface area contributed by atoms with Gasteiger partial charge in [0.15, 0.2) is 11.0 Å². The van der Waals surface area contributed by atoms with Crippen LogP contribution in [0.3, 0.4) is 0 Å². The molecular weight excluding hydrogens is 390 g/mol. The van der Waals surface area contributed by atoms with Crippen LogP contribution >= 0.6 is 11.8 Å². The lowest BCUT2D eigenvalue weighted by Crippen LogP contribution is -2.13. The molecule has 9 nitrogen and oxygen atoms in total. The van der Waals surface area contributed by atoms with Gasteiger partial charge in [-0.25, -0.2) is 9.97 Å². The summed E-state index contributed by atoms with van der Waals surface area (Å²) in [5, 5.41) is 16.3. The van der Waals surface area contributed by atoms with Crippen molar-refractivity contribution in [3.05, 3.63) is 42.1 Å². The molecule has 2 aromatic heterocycles. The highest BCUT2D eigenvalue weighted by Gasteiger charge is 2.11. The highest BCUT2D eigenvalue weighted by molar-refractivity contribution is 7.99. The lowest BCUT2D eigenvalue weighted by Gasteiger charge is -2.10. The molecule has 3 rings (SSSR count). The number of aryl methyl sites for hydroxylation is 1. The van der Waals surface area contributed by atoms with Crippen LogP contribution in [0, 0.1) is 6.92 Å². The van der Waals surface area contributed by atoms with Crippen LogP contribution in [-0.2, 0) is 9.59 Å². The van der Waals surface area contributed by atoms with Crippen LogP contribution < -0.4 is 16.0 Å². The molecule has 2 heterocycles. The fourth-order valence-electron chi connectivity index (χ4n) is 2.40. The maximum absolute atomic E-state index is 12.0.